The molecule has 10 heteroatoms. The Morgan fingerprint density at radius 2 is 1.51 bits per heavy atom. The molecule has 1 unspecified atom stereocenters. The number of hydrogen-bond donors (Lipinski definition) is 2. The molecule has 2 saturated heterocycles. The molecule has 2 amide bonds. The van der Waals surface area contributed by atoms with Gasteiger partial charge in [-0.3, -0.25) is 9.59 Å². The number of nitrogens with zero attached hydrogens (tertiary/aromatic N) is 1. The second kappa shape index (κ2) is 8.99. The molecule has 2 aromatic carbocycles. The summed E-state index contributed by atoms with van der Waals surface area (Å²) < 4.78 is 29.1. The van der Waals surface area contributed by atoms with Gasteiger partial charge in [0.05, 0.1) is 17.9 Å². The van der Waals surface area contributed by atoms with Gasteiger partial charge in [0, 0.05) is 19.0 Å². The third kappa shape index (κ3) is 4.62. The van der Waals surface area contributed by atoms with Crippen LogP contribution in [0.3, 0.4) is 0 Å². The van der Waals surface area contributed by atoms with Gasteiger partial charge in [0.15, 0.2) is 9.84 Å². The SMILES string of the molecule is O=C(O)CC(NC(=O)OCC1c2ccccc2-c2ccccc21)C(=O)N1C[C@@H]2CS(=O)(=O)C[C@@H]2C1. The van der Waals surface area contributed by atoms with Gasteiger partial charge in [0.2, 0.25) is 5.91 Å². The third-order valence-electron chi connectivity index (χ3n) is 7.14. The maximum absolute atomic E-state index is 13.0. The Hall–Kier alpha value is -3.40. The standard InChI is InChI=1S/C25H26N2O7S/c28-23(29)9-22(24(30)27-10-15-13-35(32,33)14-16(15)11-27)26-25(31)34-12-21-19-7-3-1-5-17(19)18-6-2-4-8-20(18)21/h1-8,15-16,21-22H,9-14H2,(H,26,31)(H,28,29)/t15-,16+,22?. The summed E-state index contributed by atoms with van der Waals surface area (Å²) in [6.07, 6.45) is -1.46. The van der Waals surface area contributed by atoms with Gasteiger partial charge in [-0.25, -0.2) is 13.2 Å². The highest BCUT2D eigenvalue weighted by Gasteiger charge is 2.46. The van der Waals surface area contributed by atoms with Gasteiger partial charge in [-0.05, 0) is 34.1 Å². The van der Waals surface area contributed by atoms with E-state index >= 15 is 0 Å². The van der Waals surface area contributed by atoms with Crippen LogP contribution in [0.5, 0.6) is 0 Å². The molecule has 0 radical (unpaired) electrons. The van der Waals surface area contributed by atoms with Crippen molar-refractivity contribution in [3.8, 4) is 11.1 Å². The molecule has 35 heavy (non-hydrogen) atoms. The maximum Gasteiger partial charge on any atom is 0.407 e. The van der Waals surface area contributed by atoms with Crippen molar-refractivity contribution in [2.45, 2.75) is 18.4 Å². The molecule has 184 valence electrons. The molecule has 1 aliphatic carbocycles. The summed E-state index contributed by atoms with van der Waals surface area (Å²) in [4.78, 5) is 38.5. The zero-order valence-corrected chi connectivity index (χ0v) is 19.7. The van der Waals surface area contributed by atoms with Crippen molar-refractivity contribution >= 4 is 27.8 Å². The number of carbonyl (C=O) groups is 3. The first-order chi connectivity index (χ1) is 16.7. The number of amides is 2. The fourth-order valence-corrected chi connectivity index (χ4v) is 7.79. The van der Waals surface area contributed by atoms with Gasteiger partial charge in [-0.15, -0.1) is 0 Å². The van der Waals surface area contributed by atoms with Gasteiger partial charge in [-0.2, -0.15) is 0 Å². The van der Waals surface area contributed by atoms with E-state index in [1.54, 1.807) is 0 Å². The smallest absolute Gasteiger partial charge is 0.407 e. The van der Waals surface area contributed by atoms with Crippen LogP contribution in [0, 0.1) is 11.8 Å². The molecular formula is C25H26N2O7S. The lowest BCUT2D eigenvalue weighted by Gasteiger charge is -2.24. The highest BCUT2D eigenvalue weighted by molar-refractivity contribution is 7.91. The number of likely N-dealkylation sites (tertiary alicyclic amines) is 1. The number of aliphatic carboxylic acids is 1. The number of carboxylic acids is 1. The number of ether oxygens (including phenoxy) is 1. The van der Waals surface area contributed by atoms with Gasteiger partial charge in [0.1, 0.15) is 12.6 Å². The zero-order valence-electron chi connectivity index (χ0n) is 18.9. The predicted octanol–water partition coefficient (Wildman–Crippen LogP) is 1.87. The van der Waals surface area contributed by atoms with Gasteiger partial charge in [-0.1, -0.05) is 48.5 Å². The molecule has 5 rings (SSSR count). The Kier molecular flexibility index (Phi) is 6.00. The van der Waals surface area contributed by atoms with Crippen molar-refractivity contribution in [3.63, 3.8) is 0 Å². The van der Waals surface area contributed by atoms with Crippen LogP contribution < -0.4 is 5.32 Å². The average molecular weight is 499 g/mol. The molecule has 2 aliphatic heterocycles. The average Bonchev–Trinajstić information content (AvgIpc) is 3.43. The third-order valence-corrected chi connectivity index (χ3v) is 9.01. The second-order valence-electron chi connectivity index (χ2n) is 9.46. The van der Waals surface area contributed by atoms with Crippen LogP contribution in [0.2, 0.25) is 0 Å². The van der Waals surface area contributed by atoms with E-state index in [1.807, 2.05) is 48.5 Å². The molecule has 2 fully saturated rings. The quantitative estimate of drug-likeness (QED) is 0.622. The topological polar surface area (TPSA) is 130 Å². The van der Waals surface area contributed by atoms with Crippen molar-refractivity contribution in [2.24, 2.45) is 11.8 Å². The summed E-state index contributed by atoms with van der Waals surface area (Å²) in [6, 6.07) is 14.5. The lowest BCUT2D eigenvalue weighted by molar-refractivity contribution is -0.142. The zero-order chi connectivity index (χ0) is 24.7. The number of fused-ring (bicyclic) bond motifs is 4. The number of alkyl carbamates (subject to hydrolysis) is 1. The van der Waals surface area contributed by atoms with E-state index in [0.717, 1.165) is 22.3 Å². The first kappa shape index (κ1) is 23.3. The predicted molar refractivity (Wildman–Crippen MR) is 126 cm³/mol. The Bertz CT molecular complexity index is 1230. The van der Waals surface area contributed by atoms with E-state index in [-0.39, 0.29) is 49.0 Å². The van der Waals surface area contributed by atoms with E-state index in [9.17, 15) is 27.9 Å². The van der Waals surface area contributed by atoms with Crippen LogP contribution in [0.1, 0.15) is 23.5 Å². The normalized spacial score (nSPS) is 22.7. The van der Waals surface area contributed by atoms with E-state index in [2.05, 4.69) is 5.32 Å². The van der Waals surface area contributed by atoms with E-state index in [0.29, 0.717) is 0 Å². The molecule has 0 aromatic heterocycles. The van der Waals surface area contributed by atoms with Crippen molar-refractivity contribution in [2.75, 3.05) is 31.2 Å². The number of carbonyl (C=O) groups excluding carboxylic acids is 2. The van der Waals surface area contributed by atoms with E-state index < -0.39 is 40.3 Å². The number of carboxylic acid groups (broad SMARTS) is 1. The van der Waals surface area contributed by atoms with Crippen LogP contribution in [0.25, 0.3) is 11.1 Å². The summed E-state index contributed by atoms with van der Waals surface area (Å²) in [5.74, 6) is -2.16. The first-order valence-corrected chi connectivity index (χ1v) is 13.4. The van der Waals surface area contributed by atoms with Crippen molar-refractivity contribution < 1.29 is 32.6 Å². The fourth-order valence-electron chi connectivity index (χ4n) is 5.59. The molecule has 0 bridgehead atoms. The fraction of sp³-hybridized carbons (Fsp3) is 0.400. The van der Waals surface area contributed by atoms with E-state index in [4.69, 9.17) is 4.74 Å². The van der Waals surface area contributed by atoms with Crippen LogP contribution in [0.4, 0.5) is 4.79 Å². The second-order valence-corrected chi connectivity index (χ2v) is 11.6. The molecule has 2 aromatic rings. The minimum atomic E-state index is -3.09. The minimum Gasteiger partial charge on any atom is -0.481 e. The molecule has 3 aliphatic rings. The Balaban J connectivity index is 1.24. The lowest BCUT2D eigenvalue weighted by atomic mass is 9.98. The van der Waals surface area contributed by atoms with Gasteiger partial charge < -0.3 is 20.1 Å². The van der Waals surface area contributed by atoms with Crippen molar-refractivity contribution in [1.29, 1.82) is 0 Å². The summed E-state index contributed by atoms with van der Waals surface area (Å²) >= 11 is 0. The molecule has 9 nitrogen and oxygen atoms in total. The summed E-state index contributed by atoms with van der Waals surface area (Å²) in [5.41, 5.74) is 4.24. The summed E-state index contributed by atoms with van der Waals surface area (Å²) in [5, 5.41) is 11.7. The lowest BCUT2D eigenvalue weighted by Crippen LogP contribution is -2.49. The van der Waals surface area contributed by atoms with Crippen molar-refractivity contribution in [1.82, 2.24) is 10.2 Å². The van der Waals surface area contributed by atoms with Crippen LogP contribution in [0.15, 0.2) is 48.5 Å². The van der Waals surface area contributed by atoms with Crippen LogP contribution >= 0.6 is 0 Å². The highest BCUT2D eigenvalue weighted by Crippen LogP contribution is 2.44. The number of rotatable bonds is 6. The van der Waals surface area contributed by atoms with Crippen LogP contribution in [-0.4, -0.2) is 73.6 Å². The monoisotopic (exact) mass is 498 g/mol. The first-order valence-electron chi connectivity index (χ1n) is 11.5. The van der Waals surface area contributed by atoms with Gasteiger partial charge in [0.25, 0.3) is 0 Å². The maximum atomic E-state index is 13.0. The number of benzene rings is 2. The Labute approximate surface area is 203 Å². The Morgan fingerprint density at radius 3 is 2.06 bits per heavy atom. The largest absolute Gasteiger partial charge is 0.481 e. The summed E-state index contributed by atoms with van der Waals surface area (Å²) in [7, 11) is -3.09. The number of nitrogens with one attached hydrogen (secondary N) is 1. The number of sulfone groups is 1. The molecule has 2 N–H and O–H groups in total. The number of hydrogen-bond acceptors (Lipinski definition) is 6. The Morgan fingerprint density at radius 1 is 0.971 bits per heavy atom. The molecular weight excluding hydrogens is 472 g/mol. The summed E-state index contributed by atoms with van der Waals surface area (Å²) in [6.45, 7) is 0.524. The van der Waals surface area contributed by atoms with E-state index in [1.165, 1.54) is 4.90 Å². The van der Waals surface area contributed by atoms with Crippen molar-refractivity contribution in [3.05, 3.63) is 59.7 Å². The molecule has 3 atom stereocenters. The highest BCUT2D eigenvalue weighted by atomic mass is 32.2. The molecule has 2 heterocycles. The van der Waals surface area contributed by atoms with Gasteiger partial charge >= 0.3 is 12.1 Å². The molecule has 0 saturated carbocycles. The van der Waals surface area contributed by atoms with Crippen LogP contribution in [-0.2, 0) is 24.2 Å². The molecule has 0 spiro atoms. The minimum absolute atomic E-state index is 0.0326.